The molecule has 0 aromatic carbocycles. The van der Waals surface area contributed by atoms with Crippen molar-refractivity contribution >= 4 is 0 Å². The van der Waals surface area contributed by atoms with E-state index in [4.69, 9.17) is 14.2 Å². The molecule has 17 heavy (non-hydrogen) atoms. The van der Waals surface area contributed by atoms with Crippen molar-refractivity contribution in [2.24, 2.45) is 0 Å². The van der Waals surface area contributed by atoms with Crippen LogP contribution in [0.3, 0.4) is 0 Å². The first kappa shape index (κ1) is 13.3. The molecule has 0 radical (unpaired) electrons. The highest BCUT2D eigenvalue weighted by molar-refractivity contribution is 4.84. The van der Waals surface area contributed by atoms with Gasteiger partial charge in [-0.2, -0.15) is 0 Å². The van der Waals surface area contributed by atoms with E-state index in [9.17, 15) is 0 Å². The van der Waals surface area contributed by atoms with E-state index in [2.05, 4.69) is 5.32 Å². The van der Waals surface area contributed by atoms with Crippen molar-refractivity contribution in [3.63, 3.8) is 0 Å². The molecular formula is C13H25NO3. The van der Waals surface area contributed by atoms with E-state index in [0.29, 0.717) is 32.0 Å². The maximum atomic E-state index is 5.92. The Labute approximate surface area is 104 Å². The molecule has 2 unspecified atom stereocenters. The molecule has 2 rings (SSSR count). The molecule has 0 amide bonds. The van der Waals surface area contributed by atoms with Crippen LogP contribution in [0.4, 0.5) is 0 Å². The third-order valence-electron chi connectivity index (χ3n) is 3.29. The molecule has 2 atom stereocenters. The summed E-state index contributed by atoms with van der Waals surface area (Å²) in [6.45, 7) is 5.86. The van der Waals surface area contributed by atoms with Gasteiger partial charge >= 0.3 is 0 Å². The molecule has 0 bridgehead atoms. The van der Waals surface area contributed by atoms with Gasteiger partial charge < -0.3 is 19.5 Å². The molecule has 4 nitrogen and oxygen atoms in total. The second-order valence-corrected chi connectivity index (χ2v) is 4.91. The zero-order valence-corrected chi connectivity index (χ0v) is 10.8. The van der Waals surface area contributed by atoms with Crippen molar-refractivity contribution in [2.75, 3.05) is 33.0 Å². The zero-order valence-electron chi connectivity index (χ0n) is 10.8. The van der Waals surface area contributed by atoms with Gasteiger partial charge in [-0.3, -0.25) is 0 Å². The van der Waals surface area contributed by atoms with Gasteiger partial charge in [0.25, 0.3) is 0 Å². The normalized spacial score (nSPS) is 28.8. The Hall–Kier alpha value is -0.160. The first-order valence-electron chi connectivity index (χ1n) is 6.92. The molecule has 0 aromatic heterocycles. The lowest BCUT2D eigenvalue weighted by atomic mass is 10.2. The second kappa shape index (κ2) is 7.31. The fourth-order valence-corrected chi connectivity index (χ4v) is 2.12. The molecule has 0 spiro atoms. The topological polar surface area (TPSA) is 39.7 Å². The van der Waals surface area contributed by atoms with Crippen LogP contribution in [-0.4, -0.2) is 51.2 Å². The van der Waals surface area contributed by atoms with Gasteiger partial charge in [0.05, 0.1) is 32.0 Å². The van der Waals surface area contributed by atoms with Gasteiger partial charge in [-0.05, 0) is 32.6 Å². The fraction of sp³-hybridized carbons (Fsp3) is 1.00. The first-order chi connectivity index (χ1) is 8.38. The molecule has 0 aromatic rings. The van der Waals surface area contributed by atoms with Crippen LogP contribution < -0.4 is 5.32 Å². The Morgan fingerprint density at radius 1 is 1.06 bits per heavy atom. The number of rotatable bonds is 9. The average Bonchev–Trinajstić information content (AvgIpc) is 3.06. The van der Waals surface area contributed by atoms with Crippen LogP contribution in [0.25, 0.3) is 0 Å². The molecule has 2 aliphatic rings. The smallest absolute Gasteiger partial charge is 0.0813 e. The van der Waals surface area contributed by atoms with Gasteiger partial charge in [0.2, 0.25) is 0 Å². The van der Waals surface area contributed by atoms with Gasteiger partial charge in [-0.1, -0.05) is 0 Å². The van der Waals surface area contributed by atoms with Crippen LogP contribution in [0, 0.1) is 0 Å². The number of nitrogens with one attached hydrogen (secondary N) is 1. The monoisotopic (exact) mass is 243 g/mol. The Morgan fingerprint density at radius 3 is 2.59 bits per heavy atom. The molecule has 1 saturated carbocycles. The summed E-state index contributed by atoms with van der Waals surface area (Å²) in [7, 11) is 0. The number of ether oxygens (including phenoxy) is 3. The maximum Gasteiger partial charge on any atom is 0.0813 e. The third-order valence-corrected chi connectivity index (χ3v) is 3.29. The lowest BCUT2D eigenvalue weighted by Crippen LogP contribution is -2.29. The Kier molecular flexibility index (Phi) is 5.71. The second-order valence-electron chi connectivity index (χ2n) is 4.91. The number of hydrogen-bond donors (Lipinski definition) is 1. The van der Waals surface area contributed by atoms with E-state index in [1.165, 1.54) is 19.3 Å². The summed E-state index contributed by atoms with van der Waals surface area (Å²) >= 11 is 0. The van der Waals surface area contributed by atoms with E-state index >= 15 is 0 Å². The minimum Gasteiger partial charge on any atom is -0.379 e. The minimum absolute atomic E-state index is 0.294. The van der Waals surface area contributed by atoms with E-state index < -0.39 is 0 Å². The Bertz CT molecular complexity index is 209. The van der Waals surface area contributed by atoms with Crippen molar-refractivity contribution in [1.29, 1.82) is 0 Å². The van der Waals surface area contributed by atoms with Crippen molar-refractivity contribution in [1.82, 2.24) is 5.32 Å². The Balaban J connectivity index is 1.45. The highest BCUT2D eigenvalue weighted by Crippen LogP contribution is 2.22. The number of hydrogen-bond acceptors (Lipinski definition) is 4. The lowest BCUT2D eigenvalue weighted by molar-refractivity contribution is -0.0275. The molecule has 1 saturated heterocycles. The van der Waals surface area contributed by atoms with Crippen molar-refractivity contribution in [2.45, 2.75) is 50.9 Å². The quantitative estimate of drug-likeness (QED) is 0.620. The van der Waals surface area contributed by atoms with Gasteiger partial charge in [-0.15, -0.1) is 0 Å². The molecule has 100 valence electrons. The lowest BCUT2D eigenvalue weighted by Gasteiger charge is -2.14. The molecule has 2 fully saturated rings. The van der Waals surface area contributed by atoms with Crippen LogP contribution in [0.5, 0.6) is 0 Å². The van der Waals surface area contributed by atoms with Gasteiger partial charge in [0.15, 0.2) is 0 Å². The molecular weight excluding hydrogens is 218 g/mol. The summed E-state index contributed by atoms with van der Waals surface area (Å²) in [5, 5.41) is 3.52. The van der Waals surface area contributed by atoms with Crippen LogP contribution in [0.1, 0.15) is 32.6 Å². The molecule has 1 heterocycles. The highest BCUT2D eigenvalue weighted by atomic mass is 16.6. The highest BCUT2D eigenvalue weighted by Gasteiger charge is 2.27. The SMILES string of the molecule is CCOCCOCC1CCC(CNC2CC2)O1. The molecule has 1 aliphatic carbocycles. The van der Waals surface area contributed by atoms with Crippen molar-refractivity contribution in [3.05, 3.63) is 0 Å². The summed E-state index contributed by atoms with van der Waals surface area (Å²) in [4.78, 5) is 0. The predicted octanol–water partition coefficient (Wildman–Crippen LogP) is 1.34. The van der Waals surface area contributed by atoms with Crippen LogP contribution in [-0.2, 0) is 14.2 Å². The summed E-state index contributed by atoms with van der Waals surface area (Å²) in [6.07, 6.45) is 5.68. The molecule has 1 aliphatic heterocycles. The zero-order chi connectivity index (χ0) is 11.9. The van der Waals surface area contributed by atoms with E-state index in [-0.39, 0.29) is 0 Å². The van der Waals surface area contributed by atoms with Gasteiger partial charge in [0.1, 0.15) is 0 Å². The van der Waals surface area contributed by atoms with Crippen molar-refractivity contribution in [3.8, 4) is 0 Å². The van der Waals surface area contributed by atoms with Crippen LogP contribution >= 0.6 is 0 Å². The van der Waals surface area contributed by atoms with E-state index in [0.717, 1.165) is 25.6 Å². The van der Waals surface area contributed by atoms with E-state index in [1.807, 2.05) is 6.92 Å². The maximum absolute atomic E-state index is 5.92. The van der Waals surface area contributed by atoms with Crippen LogP contribution in [0.15, 0.2) is 0 Å². The van der Waals surface area contributed by atoms with E-state index in [1.54, 1.807) is 0 Å². The minimum atomic E-state index is 0.294. The Morgan fingerprint density at radius 2 is 1.82 bits per heavy atom. The molecule has 4 heteroatoms. The summed E-state index contributed by atoms with van der Waals surface area (Å²) in [6, 6.07) is 0.778. The fourth-order valence-electron chi connectivity index (χ4n) is 2.12. The summed E-state index contributed by atoms with van der Waals surface area (Å²) in [5.41, 5.74) is 0. The molecule has 1 N–H and O–H groups in total. The van der Waals surface area contributed by atoms with Gasteiger partial charge in [-0.25, -0.2) is 0 Å². The van der Waals surface area contributed by atoms with Crippen molar-refractivity contribution < 1.29 is 14.2 Å². The van der Waals surface area contributed by atoms with Crippen LogP contribution in [0.2, 0.25) is 0 Å². The predicted molar refractivity (Wildman–Crippen MR) is 66.2 cm³/mol. The third kappa shape index (κ3) is 5.34. The first-order valence-corrected chi connectivity index (χ1v) is 6.92. The average molecular weight is 243 g/mol. The summed E-state index contributed by atoms with van der Waals surface area (Å²) < 4.78 is 16.7. The largest absolute Gasteiger partial charge is 0.379 e. The summed E-state index contributed by atoms with van der Waals surface area (Å²) in [5.74, 6) is 0. The van der Waals surface area contributed by atoms with Gasteiger partial charge in [0, 0.05) is 19.2 Å². The standard InChI is InChI=1S/C13H25NO3/c1-2-15-7-8-16-10-13-6-5-12(17-13)9-14-11-3-4-11/h11-14H,2-10H2,1H3.